The second-order valence-corrected chi connectivity index (χ2v) is 26.6. The number of nitrogen functional groups attached to an aromatic ring is 3. The van der Waals surface area contributed by atoms with Gasteiger partial charge < -0.3 is 74.7 Å². The van der Waals surface area contributed by atoms with E-state index in [0.29, 0.717) is 0 Å². The van der Waals surface area contributed by atoms with E-state index in [1.807, 2.05) is 0 Å². The van der Waals surface area contributed by atoms with E-state index >= 15 is 0 Å². The molecule has 6 aromatic heterocycles. The first-order valence-corrected chi connectivity index (χ1v) is 33.4. The number of nitrogens with zero attached hydrogens (tertiary/aromatic N) is 11. The van der Waals surface area contributed by atoms with Gasteiger partial charge >= 0.3 is 43.2 Å². The number of carbonyl (C=O) groups is 2. The number of aromatic nitrogens is 12. The maximum atomic E-state index is 14.5. The van der Waals surface area contributed by atoms with Crippen molar-refractivity contribution in [2.24, 2.45) is 0 Å². The number of nitrogens with two attached hydrogens (primary N) is 3. The minimum atomic E-state index is -5.68. The normalized spacial score (nSPS) is 34.4. The van der Waals surface area contributed by atoms with Gasteiger partial charge in [0.2, 0.25) is 24.2 Å². The van der Waals surface area contributed by atoms with Crippen LogP contribution in [0.3, 0.4) is 0 Å². The average molecular weight is 1400 g/mol. The number of phosphoric ester groups is 4. The Labute approximate surface area is 518 Å². The lowest BCUT2D eigenvalue weighted by Gasteiger charge is -2.30. The molecule has 0 saturated carbocycles. The molecule has 0 aromatic carbocycles. The number of carbonyl (C=O) groups excluding carboxylic acids is 2. The van der Waals surface area contributed by atoms with Gasteiger partial charge in [-0.05, 0) is 13.8 Å². The van der Waals surface area contributed by atoms with Crippen LogP contribution in [0.25, 0.3) is 33.5 Å². The fourth-order valence-electron chi connectivity index (χ4n) is 11.4. The van der Waals surface area contributed by atoms with Crippen LogP contribution in [0, 0.1) is 0 Å². The molecule has 11 unspecified atom stereocenters. The molecule has 93 heavy (non-hydrogen) atoms. The Morgan fingerprint density at radius 3 is 1.81 bits per heavy atom. The second kappa shape index (κ2) is 25.6. The molecule has 12 rings (SSSR count). The van der Waals surface area contributed by atoms with Crippen molar-refractivity contribution in [3.8, 4) is 0 Å². The number of fused-ring (bicyclic) bond motifs is 8. The van der Waals surface area contributed by atoms with E-state index in [2.05, 4.69) is 50.2 Å². The van der Waals surface area contributed by atoms with E-state index in [0.717, 1.165) is 44.0 Å². The van der Waals surface area contributed by atoms with Crippen LogP contribution in [0.2, 0.25) is 0 Å². The smallest absolute Gasteiger partial charge is 0.382 e. The van der Waals surface area contributed by atoms with Gasteiger partial charge in [0, 0.05) is 21.3 Å². The van der Waals surface area contributed by atoms with E-state index in [4.69, 9.17) is 91.3 Å². The lowest BCUT2D eigenvalue weighted by molar-refractivity contribution is -0.537. The van der Waals surface area contributed by atoms with Gasteiger partial charge in [0.05, 0.1) is 51.5 Å². The number of anilines is 3. The van der Waals surface area contributed by atoms with Crippen molar-refractivity contribution in [3.05, 3.63) is 46.0 Å². The van der Waals surface area contributed by atoms with Crippen LogP contribution < -0.4 is 33.6 Å². The molecule has 6 aliphatic rings. The van der Waals surface area contributed by atoms with Crippen LogP contribution >= 0.6 is 31.3 Å². The Hall–Kier alpha value is -6.42. The number of imidazole rings is 3. The summed E-state index contributed by atoms with van der Waals surface area (Å²) in [5.74, 6) is -1.87. The molecular weight excluding hydrogens is 1340 g/mol. The van der Waals surface area contributed by atoms with Gasteiger partial charge in [-0.25, -0.2) is 48.0 Å². The Bertz CT molecular complexity index is 4230. The maximum absolute atomic E-state index is 14.5. The molecule has 45 nitrogen and oxygen atoms in total. The average Bonchev–Trinajstić information content (AvgIpc) is 1.63. The maximum Gasteiger partial charge on any atom is 0.500 e. The summed E-state index contributed by atoms with van der Waals surface area (Å²) in [4.78, 5) is 132. The molecular formula is C44H58N17O28P4+. The third kappa shape index (κ3) is 13.0. The number of hydrogen-bond acceptors (Lipinski definition) is 34. The molecule has 4 bridgehead atoms. The summed E-state index contributed by atoms with van der Waals surface area (Å²) < 4.78 is 153. The van der Waals surface area contributed by atoms with Gasteiger partial charge in [-0.2, -0.15) is 24.7 Å². The van der Waals surface area contributed by atoms with Crippen molar-refractivity contribution in [1.29, 1.82) is 0 Å². The number of aromatic amines is 2. The largest absolute Gasteiger partial charge is 0.500 e. The molecule has 12 heterocycles. The number of hydrogen-bond donors (Lipinski definition) is 10. The monoisotopic (exact) mass is 1400 g/mol. The van der Waals surface area contributed by atoms with Crippen LogP contribution in [0.1, 0.15) is 32.5 Å². The molecule has 4 fully saturated rings. The zero-order valence-corrected chi connectivity index (χ0v) is 52.1. The van der Waals surface area contributed by atoms with Crippen LogP contribution in [-0.4, -0.2) is 234 Å². The van der Waals surface area contributed by atoms with Gasteiger partial charge in [-0.15, -0.1) is 0 Å². The number of urea groups is 1. The molecule has 3 amide bonds. The highest BCUT2D eigenvalue weighted by molar-refractivity contribution is 7.48. The first-order chi connectivity index (χ1) is 44.1. The zero-order valence-electron chi connectivity index (χ0n) is 48.6. The molecule has 0 aliphatic carbocycles. The summed E-state index contributed by atoms with van der Waals surface area (Å²) in [7, 11) is -18.2. The van der Waals surface area contributed by atoms with Crippen molar-refractivity contribution in [2.45, 2.75) is 118 Å². The van der Waals surface area contributed by atoms with Gasteiger partial charge in [0.1, 0.15) is 79.1 Å². The standard InChI is InChI=1S/C44H57N17O28P4/c1-6-77-90(66,67)87-25-18(84-40(29(25)76-5)61-14-52-22-34(61)54-43(47)56-37(22)64)9-79-92(70,71)88-24-17-8-80-93(72,73)89-26-19(10-78-91(68,69)86-23-15(2)81-39(27(23)74-3)60-13-51-21-33(60)53-42(46)55-36(21)63)85-41(59-12-50-20-31(45)48-11-49-32(20)59)30(26)82-16-7-58(44(65)57-35(16)62)38(83-17)28(24)75-4/h7,11-19,23-30,38-41H,6,8-10H2,1-5H3,(H12-,45,46,47,48,49,53,54,55,56,57,62,63,64,65,66,67,68,69,70,71,72,73)/p+1/t15-,16?,17-,18-,19-,23?,24?,25?,26?,27+,28?,29+,30?,38-,39-,40-,41-/m1/s1. The number of amides is 3. The lowest BCUT2D eigenvalue weighted by atomic mass is 10.1. The fourth-order valence-corrected chi connectivity index (χ4v) is 15.2. The van der Waals surface area contributed by atoms with Crippen LogP contribution in [-0.2, 0) is 97.1 Å². The number of H-pyrrole nitrogens is 2. The first-order valence-electron chi connectivity index (χ1n) is 27.5. The van der Waals surface area contributed by atoms with Crippen molar-refractivity contribution in [2.75, 3.05) is 65.0 Å². The zero-order chi connectivity index (χ0) is 66.4. The summed E-state index contributed by atoms with van der Waals surface area (Å²) >= 11 is 0. The molecule has 6 aliphatic heterocycles. The van der Waals surface area contributed by atoms with Gasteiger partial charge in [0.25, 0.3) is 11.1 Å². The minimum Gasteiger partial charge on any atom is -0.382 e. The van der Waals surface area contributed by atoms with Crippen molar-refractivity contribution in [1.82, 2.24) is 63.9 Å². The van der Waals surface area contributed by atoms with Crippen molar-refractivity contribution < 1.29 is 126 Å². The highest BCUT2D eigenvalue weighted by Gasteiger charge is 2.60. The summed E-state index contributed by atoms with van der Waals surface area (Å²) in [6.07, 6.45) is -22.4. The fraction of sp³-hybridized carbons (Fsp3) is 0.591. The third-order valence-corrected chi connectivity index (χ3v) is 19.4. The van der Waals surface area contributed by atoms with Crippen molar-refractivity contribution in [3.63, 3.8) is 0 Å². The van der Waals surface area contributed by atoms with Gasteiger partial charge in [0.15, 0.2) is 58.6 Å². The van der Waals surface area contributed by atoms with E-state index in [-0.39, 0.29) is 57.8 Å². The molecule has 0 radical (unpaired) electrons. The van der Waals surface area contributed by atoms with E-state index in [1.54, 1.807) is 0 Å². The third-order valence-electron chi connectivity index (χ3n) is 15.3. The molecule has 506 valence electrons. The van der Waals surface area contributed by atoms with Crippen LogP contribution in [0.5, 0.6) is 0 Å². The van der Waals surface area contributed by atoms with Crippen LogP contribution in [0.15, 0.2) is 34.9 Å². The molecule has 4 saturated heterocycles. The quantitative estimate of drug-likeness (QED) is 0.0278. The highest BCUT2D eigenvalue weighted by atomic mass is 31.2. The molecule has 13 N–H and O–H groups in total. The Morgan fingerprint density at radius 2 is 1.19 bits per heavy atom. The summed E-state index contributed by atoms with van der Waals surface area (Å²) in [5.41, 5.74) is 15.8. The van der Waals surface area contributed by atoms with E-state index < -0.39 is 178 Å². The predicted octanol–water partition coefficient (Wildman–Crippen LogP) is -2.55. The SMILES string of the molecule is CCOP(=O)(O)OC1[C@@H](COP(=O)(O)OC2C(OC)[C@H]3O[C@@H]2COP(=O)(O)OC2C(OC4C=[N+]3C(=O)NC4=O)[C@H](n3cnc4c(N)ncnc43)O[C@@H]2COP(=O)(O)OC2[C@@H](C)O[C@@H](n3cnc4c(=O)[nH]c(N)nc43)[C@H]2OC)O[C@@H](n2cnc3c(=O)[nH]c(N)nc32)[C@H]1OC. The number of methoxy groups -OCH3 is 3. The number of imide groups is 1. The van der Waals surface area contributed by atoms with Gasteiger partial charge in [-0.1, -0.05) is 0 Å². The number of phosphoric acid groups is 4. The predicted molar refractivity (Wildman–Crippen MR) is 300 cm³/mol. The molecule has 49 heteroatoms. The second-order valence-electron chi connectivity index (χ2n) is 21.0. The Morgan fingerprint density at radius 1 is 0.656 bits per heavy atom. The number of rotatable bonds is 20. The first kappa shape index (κ1) is 66.6. The number of nitrogens with one attached hydrogen (secondary N) is 3. The lowest BCUT2D eigenvalue weighted by Crippen LogP contribution is -2.58. The van der Waals surface area contributed by atoms with Crippen molar-refractivity contribution >= 4 is 101 Å². The number of ether oxygens (including phenoxy) is 8. The Balaban J connectivity index is 0.824. The van der Waals surface area contributed by atoms with Gasteiger partial charge in [-0.3, -0.25) is 69.4 Å². The Kier molecular flexibility index (Phi) is 18.3. The summed E-state index contributed by atoms with van der Waals surface area (Å²) in [6.45, 7) is -0.738. The topological polar surface area (TPSA) is 595 Å². The summed E-state index contributed by atoms with van der Waals surface area (Å²) in [6, 6.07) is -1.20. The van der Waals surface area contributed by atoms with E-state index in [9.17, 15) is 57.0 Å². The summed E-state index contributed by atoms with van der Waals surface area (Å²) in [5, 5.41) is 2.10. The van der Waals surface area contributed by atoms with Crippen LogP contribution in [0.4, 0.5) is 22.5 Å². The molecule has 6 aromatic rings. The highest BCUT2D eigenvalue weighted by Crippen LogP contribution is 2.56. The van der Waals surface area contributed by atoms with E-state index in [1.165, 1.54) is 41.0 Å². The molecule has 0 spiro atoms. The molecule has 21 atom stereocenters. The minimum absolute atomic E-state index is 0.00511.